The molecule has 0 amide bonds. The lowest BCUT2D eigenvalue weighted by atomic mass is 10.0. The molecule has 3 rings (SSSR count). The topological polar surface area (TPSA) is 89.1 Å². The Bertz CT molecular complexity index is 1090. The summed E-state index contributed by atoms with van der Waals surface area (Å²) >= 11 is 0. The van der Waals surface area contributed by atoms with E-state index in [9.17, 15) is 15.0 Å². The van der Waals surface area contributed by atoms with Gasteiger partial charge in [0.1, 0.15) is 28.1 Å². The molecule has 0 bridgehead atoms. The Morgan fingerprint density at radius 3 is 2.46 bits per heavy atom. The standard InChI is InChI=1S/C22H24O6/c1-4-5-6-7-8-9-14-19-17(12-18(27-3)21(14)24)28-16-11-13(26-2)10-15(23)20(16)22(19)25/h7-8,10-12,23-24H,4-6,9H2,1-3H3/b8-7+. The van der Waals surface area contributed by atoms with Crippen LogP contribution in [-0.4, -0.2) is 24.4 Å². The van der Waals surface area contributed by atoms with E-state index in [0.717, 1.165) is 19.3 Å². The van der Waals surface area contributed by atoms with Crippen molar-refractivity contribution in [1.82, 2.24) is 0 Å². The largest absolute Gasteiger partial charge is 0.507 e. The van der Waals surface area contributed by atoms with Crippen LogP contribution in [0.25, 0.3) is 21.9 Å². The first-order valence-corrected chi connectivity index (χ1v) is 9.23. The van der Waals surface area contributed by atoms with Gasteiger partial charge in [-0.05, 0) is 12.8 Å². The van der Waals surface area contributed by atoms with Crippen molar-refractivity contribution in [2.24, 2.45) is 0 Å². The van der Waals surface area contributed by atoms with Crippen molar-refractivity contribution < 1.29 is 24.1 Å². The molecule has 1 heterocycles. The van der Waals surface area contributed by atoms with Crippen molar-refractivity contribution in [2.45, 2.75) is 32.6 Å². The molecule has 1 aromatic heterocycles. The maximum atomic E-state index is 13.2. The second-order valence-corrected chi connectivity index (χ2v) is 6.55. The molecule has 6 nitrogen and oxygen atoms in total. The molecule has 0 saturated heterocycles. The molecule has 2 N–H and O–H groups in total. The summed E-state index contributed by atoms with van der Waals surface area (Å²) in [5.74, 6) is 0.260. The van der Waals surface area contributed by atoms with Crippen molar-refractivity contribution in [3.05, 3.63) is 46.1 Å². The third-order valence-corrected chi connectivity index (χ3v) is 4.73. The molecule has 0 unspecified atom stereocenters. The minimum Gasteiger partial charge on any atom is -0.507 e. The lowest BCUT2D eigenvalue weighted by Crippen LogP contribution is -2.06. The molecule has 0 aliphatic heterocycles. The van der Waals surface area contributed by atoms with E-state index in [1.165, 1.54) is 26.4 Å². The number of benzene rings is 2. The molecule has 3 aromatic rings. The summed E-state index contributed by atoms with van der Waals surface area (Å²) in [7, 11) is 2.90. The van der Waals surface area contributed by atoms with E-state index >= 15 is 0 Å². The molecule has 0 radical (unpaired) electrons. The first-order chi connectivity index (χ1) is 13.5. The molecule has 148 valence electrons. The van der Waals surface area contributed by atoms with Crippen LogP contribution in [0.5, 0.6) is 23.0 Å². The van der Waals surface area contributed by atoms with E-state index in [4.69, 9.17) is 13.9 Å². The Balaban J connectivity index is 2.28. The van der Waals surface area contributed by atoms with Crippen LogP contribution in [0.2, 0.25) is 0 Å². The average Bonchev–Trinajstić information content (AvgIpc) is 2.68. The van der Waals surface area contributed by atoms with Gasteiger partial charge < -0.3 is 24.1 Å². The number of hydrogen-bond acceptors (Lipinski definition) is 6. The molecule has 28 heavy (non-hydrogen) atoms. The minimum absolute atomic E-state index is 0.0501. The monoisotopic (exact) mass is 384 g/mol. The fourth-order valence-electron chi connectivity index (χ4n) is 3.25. The van der Waals surface area contributed by atoms with Gasteiger partial charge in [-0.2, -0.15) is 0 Å². The molecule has 0 fully saturated rings. The summed E-state index contributed by atoms with van der Waals surface area (Å²) in [5, 5.41) is 21.2. The van der Waals surface area contributed by atoms with Gasteiger partial charge in [0, 0.05) is 23.8 Å². The maximum absolute atomic E-state index is 13.2. The van der Waals surface area contributed by atoms with Crippen molar-refractivity contribution in [3.8, 4) is 23.0 Å². The highest BCUT2D eigenvalue weighted by Gasteiger charge is 2.20. The molecular formula is C22H24O6. The number of hydrogen-bond donors (Lipinski definition) is 2. The van der Waals surface area contributed by atoms with Crippen LogP contribution in [-0.2, 0) is 6.42 Å². The van der Waals surface area contributed by atoms with Gasteiger partial charge in [-0.3, -0.25) is 4.79 Å². The molecule has 2 aromatic carbocycles. The van der Waals surface area contributed by atoms with Gasteiger partial charge in [-0.15, -0.1) is 0 Å². The van der Waals surface area contributed by atoms with Gasteiger partial charge >= 0.3 is 0 Å². The summed E-state index contributed by atoms with van der Waals surface area (Å²) in [6, 6.07) is 4.38. The summed E-state index contributed by atoms with van der Waals surface area (Å²) in [4.78, 5) is 13.2. The number of phenolic OH excluding ortho intramolecular Hbond substituents is 2. The van der Waals surface area contributed by atoms with E-state index in [1.54, 1.807) is 6.07 Å². The molecule has 0 atom stereocenters. The summed E-state index contributed by atoms with van der Waals surface area (Å²) in [6.07, 6.45) is 7.38. The molecule has 0 spiro atoms. The minimum atomic E-state index is -0.411. The number of rotatable bonds is 7. The zero-order valence-corrected chi connectivity index (χ0v) is 16.2. The number of ether oxygens (including phenoxy) is 2. The molecular weight excluding hydrogens is 360 g/mol. The number of unbranched alkanes of at least 4 members (excludes halogenated alkanes) is 2. The zero-order valence-electron chi connectivity index (χ0n) is 16.2. The first-order valence-electron chi connectivity index (χ1n) is 9.23. The fourth-order valence-corrected chi connectivity index (χ4v) is 3.25. The van der Waals surface area contributed by atoms with E-state index in [-0.39, 0.29) is 39.2 Å². The van der Waals surface area contributed by atoms with Gasteiger partial charge in [-0.1, -0.05) is 31.9 Å². The fraction of sp³-hybridized carbons (Fsp3) is 0.318. The van der Waals surface area contributed by atoms with Gasteiger partial charge in [-0.25, -0.2) is 0 Å². The summed E-state index contributed by atoms with van der Waals surface area (Å²) in [6.45, 7) is 2.12. The van der Waals surface area contributed by atoms with E-state index < -0.39 is 5.43 Å². The van der Waals surface area contributed by atoms with Gasteiger partial charge in [0.15, 0.2) is 11.5 Å². The van der Waals surface area contributed by atoms with Crippen molar-refractivity contribution in [1.29, 1.82) is 0 Å². The number of methoxy groups -OCH3 is 2. The lowest BCUT2D eigenvalue weighted by molar-refractivity contribution is 0.371. The Kier molecular flexibility index (Phi) is 5.78. The van der Waals surface area contributed by atoms with Gasteiger partial charge in [0.25, 0.3) is 0 Å². The lowest BCUT2D eigenvalue weighted by Gasteiger charge is -2.12. The molecule has 0 saturated carbocycles. The average molecular weight is 384 g/mol. The Morgan fingerprint density at radius 1 is 1.04 bits per heavy atom. The van der Waals surface area contributed by atoms with Crippen LogP contribution in [0.15, 0.2) is 39.6 Å². The van der Waals surface area contributed by atoms with E-state index in [1.807, 2.05) is 12.2 Å². The van der Waals surface area contributed by atoms with Crippen LogP contribution in [0.3, 0.4) is 0 Å². The van der Waals surface area contributed by atoms with Crippen molar-refractivity contribution >= 4 is 21.9 Å². The first kappa shape index (κ1) is 19.6. The third-order valence-electron chi connectivity index (χ3n) is 4.73. The van der Waals surface area contributed by atoms with E-state index in [2.05, 4.69) is 6.92 Å². The van der Waals surface area contributed by atoms with Crippen molar-refractivity contribution in [3.63, 3.8) is 0 Å². The van der Waals surface area contributed by atoms with Crippen LogP contribution in [0.1, 0.15) is 31.7 Å². The van der Waals surface area contributed by atoms with Gasteiger partial charge in [0.05, 0.1) is 19.6 Å². The Morgan fingerprint density at radius 2 is 1.79 bits per heavy atom. The quantitative estimate of drug-likeness (QED) is 0.350. The van der Waals surface area contributed by atoms with E-state index in [0.29, 0.717) is 17.7 Å². The smallest absolute Gasteiger partial charge is 0.204 e. The number of aromatic hydroxyl groups is 2. The van der Waals surface area contributed by atoms with Gasteiger partial charge in [0.2, 0.25) is 5.43 Å². The highest BCUT2D eigenvalue weighted by molar-refractivity contribution is 5.97. The van der Waals surface area contributed by atoms with Crippen LogP contribution in [0.4, 0.5) is 0 Å². The second-order valence-electron chi connectivity index (χ2n) is 6.55. The summed E-state index contributed by atoms with van der Waals surface area (Å²) < 4.78 is 16.3. The third kappa shape index (κ3) is 3.50. The summed E-state index contributed by atoms with van der Waals surface area (Å²) in [5.41, 5.74) is 0.475. The Hall–Kier alpha value is -3.15. The molecule has 0 aliphatic carbocycles. The molecule has 0 aliphatic rings. The Labute approximate surface area is 162 Å². The maximum Gasteiger partial charge on any atom is 0.204 e. The normalized spacial score (nSPS) is 11.5. The van der Waals surface area contributed by atoms with Crippen molar-refractivity contribution in [2.75, 3.05) is 14.2 Å². The number of allylic oxidation sites excluding steroid dienone is 2. The van der Waals surface area contributed by atoms with Crippen LogP contribution >= 0.6 is 0 Å². The van der Waals surface area contributed by atoms with Crippen LogP contribution in [0, 0.1) is 0 Å². The zero-order chi connectivity index (χ0) is 20.3. The molecule has 6 heteroatoms. The predicted molar refractivity (Wildman–Crippen MR) is 109 cm³/mol. The SMILES string of the molecule is CCCC/C=C/Cc1c(O)c(OC)cc2oc3cc(OC)cc(O)c3c(=O)c12. The highest BCUT2D eigenvalue weighted by Crippen LogP contribution is 2.38. The predicted octanol–water partition coefficient (Wildman–Crippen LogP) is 4.66. The van der Waals surface area contributed by atoms with Crippen LogP contribution < -0.4 is 14.9 Å². The number of fused-ring (bicyclic) bond motifs is 2. The second kappa shape index (κ2) is 8.25. The highest BCUT2D eigenvalue weighted by atomic mass is 16.5. The number of phenols is 2.